The number of nitro benzene ring substituents is 1. The molecule has 0 spiro atoms. The third-order valence-corrected chi connectivity index (χ3v) is 3.86. The lowest BCUT2D eigenvalue weighted by molar-refractivity contribution is -0.384. The molecule has 0 saturated heterocycles. The highest BCUT2D eigenvalue weighted by Crippen LogP contribution is 2.21. The third kappa shape index (κ3) is 3.03. The van der Waals surface area contributed by atoms with Crippen LogP contribution in [0.15, 0.2) is 29.1 Å². The Kier molecular flexibility index (Phi) is 4.48. The first-order valence-electron chi connectivity index (χ1n) is 6.06. The SMILES string of the molecule is CCCc1nc(-c2cccc([N+](=O)[O-])c2)[nH]c(=O)c1I. The summed E-state index contributed by atoms with van der Waals surface area (Å²) in [6.07, 6.45) is 1.57. The fourth-order valence-electron chi connectivity index (χ4n) is 1.81. The Labute approximate surface area is 128 Å². The highest BCUT2D eigenvalue weighted by Gasteiger charge is 2.12. The topological polar surface area (TPSA) is 88.9 Å². The van der Waals surface area contributed by atoms with Crippen molar-refractivity contribution in [3.63, 3.8) is 0 Å². The van der Waals surface area contributed by atoms with E-state index in [4.69, 9.17) is 0 Å². The van der Waals surface area contributed by atoms with Crippen LogP contribution in [-0.4, -0.2) is 14.9 Å². The van der Waals surface area contributed by atoms with Gasteiger partial charge in [-0.25, -0.2) is 4.98 Å². The summed E-state index contributed by atoms with van der Waals surface area (Å²) in [7, 11) is 0. The standard InChI is InChI=1S/C13H12IN3O3/c1-2-4-10-11(14)13(18)16-12(15-10)8-5-3-6-9(7-8)17(19)20/h3,5-7H,2,4H2,1H3,(H,15,16,18). The van der Waals surface area contributed by atoms with Gasteiger partial charge in [-0.05, 0) is 29.0 Å². The van der Waals surface area contributed by atoms with Gasteiger partial charge in [0.25, 0.3) is 11.2 Å². The van der Waals surface area contributed by atoms with Crippen molar-refractivity contribution in [2.75, 3.05) is 0 Å². The largest absolute Gasteiger partial charge is 0.306 e. The number of aryl methyl sites for hydroxylation is 1. The number of aromatic amines is 1. The van der Waals surface area contributed by atoms with Crippen LogP contribution < -0.4 is 5.56 Å². The van der Waals surface area contributed by atoms with E-state index in [1.165, 1.54) is 12.1 Å². The summed E-state index contributed by atoms with van der Waals surface area (Å²) < 4.78 is 0.568. The van der Waals surface area contributed by atoms with Gasteiger partial charge in [0.1, 0.15) is 5.82 Å². The van der Waals surface area contributed by atoms with E-state index in [1.807, 2.05) is 29.5 Å². The van der Waals surface area contributed by atoms with Gasteiger partial charge < -0.3 is 4.98 Å². The van der Waals surface area contributed by atoms with E-state index in [1.54, 1.807) is 12.1 Å². The first-order valence-corrected chi connectivity index (χ1v) is 7.14. The van der Waals surface area contributed by atoms with Crippen LogP contribution in [0, 0.1) is 13.7 Å². The molecule has 7 heteroatoms. The van der Waals surface area contributed by atoms with Crippen molar-refractivity contribution < 1.29 is 4.92 Å². The van der Waals surface area contributed by atoms with Crippen molar-refractivity contribution >= 4 is 28.3 Å². The first-order chi connectivity index (χ1) is 9.52. The fraction of sp³-hybridized carbons (Fsp3) is 0.231. The Bertz CT molecular complexity index is 712. The maximum Gasteiger partial charge on any atom is 0.270 e. The van der Waals surface area contributed by atoms with E-state index < -0.39 is 4.92 Å². The Balaban J connectivity index is 2.55. The second-order valence-corrected chi connectivity index (χ2v) is 5.31. The smallest absolute Gasteiger partial charge is 0.270 e. The maximum absolute atomic E-state index is 11.9. The molecule has 0 aliphatic rings. The van der Waals surface area contributed by atoms with Crippen LogP contribution in [-0.2, 0) is 6.42 Å². The Morgan fingerprint density at radius 1 is 1.45 bits per heavy atom. The van der Waals surface area contributed by atoms with Crippen LogP contribution in [0.2, 0.25) is 0 Å². The average molecular weight is 385 g/mol. The van der Waals surface area contributed by atoms with Crippen LogP contribution in [0.25, 0.3) is 11.4 Å². The number of benzene rings is 1. The number of halogens is 1. The van der Waals surface area contributed by atoms with E-state index in [2.05, 4.69) is 9.97 Å². The number of aromatic nitrogens is 2. The minimum Gasteiger partial charge on any atom is -0.306 e. The molecule has 20 heavy (non-hydrogen) atoms. The molecule has 6 nitrogen and oxygen atoms in total. The predicted octanol–water partition coefficient (Wildman–Crippen LogP) is 2.90. The predicted molar refractivity (Wildman–Crippen MR) is 83.7 cm³/mol. The average Bonchev–Trinajstić information content (AvgIpc) is 2.44. The molecule has 1 heterocycles. The molecule has 1 aromatic carbocycles. The van der Waals surface area contributed by atoms with Crippen LogP contribution in [0.1, 0.15) is 19.0 Å². The zero-order valence-corrected chi connectivity index (χ0v) is 12.9. The Hall–Kier alpha value is -1.77. The molecule has 1 N–H and O–H groups in total. The van der Waals surface area contributed by atoms with E-state index in [-0.39, 0.29) is 11.2 Å². The van der Waals surface area contributed by atoms with Crippen molar-refractivity contribution in [1.29, 1.82) is 0 Å². The number of nitro groups is 1. The molecule has 104 valence electrons. The highest BCUT2D eigenvalue weighted by atomic mass is 127. The second-order valence-electron chi connectivity index (χ2n) is 4.23. The molecule has 0 aliphatic heterocycles. The number of nitrogens with zero attached hydrogens (tertiary/aromatic N) is 2. The van der Waals surface area contributed by atoms with Gasteiger partial charge >= 0.3 is 0 Å². The van der Waals surface area contributed by atoms with Gasteiger partial charge in [0.2, 0.25) is 0 Å². The molecule has 1 aromatic heterocycles. The van der Waals surface area contributed by atoms with Gasteiger partial charge in [-0.15, -0.1) is 0 Å². The monoisotopic (exact) mass is 385 g/mol. The summed E-state index contributed by atoms with van der Waals surface area (Å²) in [4.78, 5) is 29.3. The second kappa shape index (κ2) is 6.12. The van der Waals surface area contributed by atoms with E-state index >= 15 is 0 Å². The van der Waals surface area contributed by atoms with Gasteiger partial charge in [-0.3, -0.25) is 14.9 Å². The van der Waals surface area contributed by atoms with E-state index in [0.29, 0.717) is 21.4 Å². The molecule has 0 fully saturated rings. The van der Waals surface area contributed by atoms with Crippen LogP contribution >= 0.6 is 22.6 Å². The highest BCUT2D eigenvalue weighted by molar-refractivity contribution is 14.1. The van der Waals surface area contributed by atoms with Crippen LogP contribution in [0.3, 0.4) is 0 Å². The molecule has 0 amide bonds. The number of non-ortho nitro benzene ring substituents is 1. The van der Waals surface area contributed by atoms with Gasteiger partial charge in [0.05, 0.1) is 14.2 Å². The first kappa shape index (κ1) is 14.6. The van der Waals surface area contributed by atoms with E-state index in [0.717, 1.165) is 12.1 Å². The molecule has 2 aromatic rings. The molecule has 0 atom stereocenters. The van der Waals surface area contributed by atoms with Crippen molar-refractivity contribution in [3.05, 3.63) is 54.0 Å². The lowest BCUT2D eigenvalue weighted by atomic mass is 10.1. The molecule has 0 bridgehead atoms. The van der Waals surface area contributed by atoms with Gasteiger partial charge in [-0.2, -0.15) is 0 Å². The maximum atomic E-state index is 11.9. The van der Waals surface area contributed by atoms with Crippen molar-refractivity contribution in [1.82, 2.24) is 9.97 Å². The van der Waals surface area contributed by atoms with Gasteiger partial charge in [0.15, 0.2) is 0 Å². The molecule has 2 rings (SSSR count). The van der Waals surface area contributed by atoms with Crippen LogP contribution in [0.5, 0.6) is 0 Å². The number of nitrogens with one attached hydrogen (secondary N) is 1. The van der Waals surface area contributed by atoms with Gasteiger partial charge in [-0.1, -0.05) is 25.5 Å². The lowest BCUT2D eigenvalue weighted by Gasteiger charge is -2.06. The Morgan fingerprint density at radius 2 is 2.20 bits per heavy atom. The zero-order chi connectivity index (χ0) is 14.7. The quantitative estimate of drug-likeness (QED) is 0.498. The number of hydrogen-bond donors (Lipinski definition) is 1. The number of hydrogen-bond acceptors (Lipinski definition) is 4. The van der Waals surface area contributed by atoms with E-state index in [9.17, 15) is 14.9 Å². The molecular weight excluding hydrogens is 373 g/mol. The third-order valence-electron chi connectivity index (χ3n) is 2.75. The minimum absolute atomic E-state index is 0.0271. The van der Waals surface area contributed by atoms with Gasteiger partial charge in [0, 0.05) is 17.7 Å². The van der Waals surface area contributed by atoms with Crippen molar-refractivity contribution in [2.24, 2.45) is 0 Å². The summed E-state index contributed by atoms with van der Waals surface area (Å²) in [5.74, 6) is 0.363. The minimum atomic E-state index is -0.471. The molecule has 0 saturated carbocycles. The normalized spacial score (nSPS) is 10.5. The molecule has 0 aliphatic carbocycles. The molecular formula is C13H12IN3O3. The Morgan fingerprint density at radius 3 is 2.85 bits per heavy atom. The fourth-order valence-corrected chi connectivity index (χ4v) is 2.34. The summed E-state index contributed by atoms with van der Waals surface area (Å²) in [5, 5.41) is 10.8. The summed E-state index contributed by atoms with van der Waals surface area (Å²) in [6, 6.07) is 6.07. The summed E-state index contributed by atoms with van der Waals surface area (Å²) >= 11 is 1.97. The van der Waals surface area contributed by atoms with Crippen molar-refractivity contribution in [3.8, 4) is 11.4 Å². The molecule has 0 unspecified atom stereocenters. The van der Waals surface area contributed by atoms with Crippen LogP contribution in [0.4, 0.5) is 5.69 Å². The number of H-pyrrole nitrogens is 1. The zero-order valence-electron chi connectivity index (χ0n) is 10.7. The van der Waals surface area contributed by atoms with Crippen molar-refractivity contribution in [2.45, 2.75) is 19.8 Å². The summed E-state index contributed by atoms with van der Waals surface area (Å²) in [6.45, 7) is 2.01. The molecule has 0 radical (unpaired) electrons. The lowest BCUT2D eigenvalue weighted by Crippen LogP contribution is -2.16. The summed E-state index contributed by atoms with van der Waals surface area (Å²) in [5.41, 5.74) is 1.01. The number of rotatable bonds is 4.